The first-order chi connectivity index (χ1) is 12.7. The van der Waals surface area contributed by atoms with E-state index in [-0.39, 0.29) is 0 Å². The Morgan fingerprint density at radius 2 is 1.78 bits per heavy atom. The van der Waals surface area contributed by atoms with Gasteiger partial charge in [-0.3, -0.25) is 9.59 Å². The smallest absolute Gasteiger partial charge is 0.275 e. The van der Waals surface area contributed by atoms with Crippen LogP contribution in [0.5, 0.6) is 5.75 Å². The molecule has 27 heavy (non-hydrogen) atoms. The molecule has 0 fully saturated rings. The van der Waals surface area contributed by atoms with Crippen LogP contribution in [0.25, 0.3) is 0 Å². The van der Waals surface area contributed by atoms with Crippen LogP contribution in [-0.4, -0.2) is 29.5 Å². The van der Waals surface area contributed by atoms with Crippen LogP contribution < -0.4 is 10.2 Å². The molecule has 0 unspecified atom stereocenters. The maximum atomic E-state index is 13.3. The van der Waals surface area contributed by atoms with E-state index in [9.17, 15) is 9.59 Å². The molecule has 5 nitrogen and oxygen atoms in total. The molecule has 2 aromatic carbocycles. The number of methoxy groups -OCH3 is 1. The Morgan fingerprint density at radius 1 is 1.11 bits per heavy atom. The maximum absolute atomic E-state index is 13.3. The molecule has 0 aliphatic rings. The number of halogens is 1. The van der Waals surface area contributed by atoms with Crippen LogP contribution >= 0.6 is 15.9 Å². The lowest BCUT2D eigenvalue weighted by Gasteiger charge is -2.31. The summed E-state index contributed by atoms with van der Waals surface area (Å²) in [6.07, 6.45) is 0.611. The van der Waals surface area contributed by atoms with E-state index < -0.39 is 17.4 Å². The average molecular weight is 433 g/mol. The molecule has 0 saturated heterocycles. The molecule has 0 radical (unpaired) electrons. The molecule has 0 aromatic heterocycles. The molecule has 0 aliphatic carbocycles. The molecule has 2 amide bonds. The van der Waals surface area contributed by atoms with Crippen molar-refractivity contribution in [3.8, 4) is 5.75 Å². The minimum atomic E-state index is -0.484. The number of imide groups is 1. The van der Waals surface area contributed by atoms with Gasteiger partial charge >= 0.3 is 0 Å². The normalized spacial score (nSPS) is 11.2. The minimum Gasteiger partial charge on any atom is -0.496 e. The summed E-state index contributed by atoms with van der Waals surface area (Å²) in [5, 5.41) is 1.09. The Morgan fingerprint density at radius 3 is 2.33 bits per heavy atom. The summed E-state index contributed by atoms with van der Waals surface area (Å²) < 4.78 is 6.16. The first-order valence-corrected chi connectivity index (χ1v) is 9.55. The third kappa shape index (κ3) is 5.17. The van der Waals surface area contributed by atoms with Gasteiger partial charge in [-0.05, 0) is 57.5 Å². The molecular weight excluding hydrogens is 408 g/mol. The Kier molecular flexibility index (Phi) is 6.78. The van der Waals surface area contributed by atoms with Crippen molar-refractivity contribution < 1.29 is 14.3 Å². The summed E-state index contributed by atoms with van der Waals surface area (Å²) in [6, 6.07) is 12.3. The summed E-state index contributed by atoms with van der Waals surface area (Å²) >= 11 is 3.37. The van der Waals surface area contributed by atoms with E-state index in [1.165, 1.54) is 0 Å². The van der Waals surface area contributed by atoms with Crippen molar-refractivity contribution in [2.75, 3.05) is 7.11 Å². The molecule has 0 spiro atoms. The van der Waals surface area contributed by atoms with E-state index in [0.29, 0.717) is 23.3 Å². The van der Waals surface area contributed by atoms with Gasteiger partial charge in [-0.25, -0.2) is 10.4 Å². The molecule has 0 aliphatic heterocycles. The van der Waals surface area contributed by atoms with Crippen LogP contribution in [-0.2, 0) is 6.42 Å². The van der Waals surface area contributed by atoms with Gasteiger partial charge in [0, 0.05) is 26.7 Å². The van der Waals surface area contributed by atoms with Crippen molar-refractivity contribution in [2.45, 2.75) is 39.7 Å². The number of carbonyl (C=O) groups excluding carboxylic acids is 2. The number of amides is 2. The zero-order valence-electron chi connectivity index (χ0n) is 16.3. The van der Waals surface area contributed by atoms with E-state index in [0.717, 1.165) is 15.0 Å². The fourth-order valence-electron chi connectivity index (χ4n) is 2.72. The van der Waals surface area contributed by atoms with E-state index in [1.54, 1.807) is 37.4 Å². The number of ether oxygens (including phenoxy) is 1. The zero-order chi connectivity index (χ0) is 20.2. The number of hydrogen-bond donors (Lipinski definition) is 1. The Bertz CT molecular complexity index is 844. The number of rotatable bonds is 5. The van der Waals surface area contributed by atoms with Crippen LogP contribution in [0.3, 0.4) is 0 Å². The number of hydrazine groups is 1. The largest absolute Gasteiger partial charge is 0.496 e. The van der Waals surface area contributed by atoms with Gasteiger partial charge in [0.15, 0.2) is 0 Å². The highest BCUT2D eigenvalue weighted by Gasteiger charge is 2.30. The van der Waals surface area contributed by atoms with E-state index in [1.807, 2.05) is 39.8 Å². The van der Waals surface area contributed by atoms with Gasteiger partial charge in [-0.1, -0.05) is 35.0 Å². The van der Waals surface area contributed by atoms with Crippen LogP contribution in [0.4, 0.5) is 0 Å². The van der Waals surface area contributed by atoms with Crippen molar-refractivity contribution in [1.29, 1.82) is 0 Å². The molecule has 0 heterocycles. The molecular formula is C21H25BrN2O3. The topological polar surface area (TPSA) is 58.6 Å². The minimum absolute atomic E-state index is 0.411. The second-order valence-corrected chi connectivity index (χ2v) is 8.07. The molecule has 2 rings (SSSR count). The number of carbonyl (C=O) groups is 2. The van der Waals surface area contributed by atoms with Crippen LogP contribution in [0.2, 0.25) is 0 Å². The van der Waals surface area contributed by atoms with Crippen LogP contribution in [0.15, 0.2) is 46.9 Å². The third-order valence-electron chi connectivity index (χ3n) is 3.86. The van der Waals surface area contributed by atoms with E-state index in [4.69, 9.17) is 4.74 Å². The highest BCUT2D eigenvalue weighted by molar-refractivity contribution is 9.10. The lowest BCUT2D eigenvalue weighted by atomic mass is 10.0. The molecule has 2 aromatic rings. The third-order valence-corrected chi connectivity index (χ3v) is 4.36. The predicted octanol–water partition coefficient (Wildman–Crippen LogP) is 4.61. The van der Waals surface area contributed by atoms with E-state index >= 15 is 0 Å². The summed E-state index contributed by atoms with van der Waals surface area (Å²) in [5.74, 6) is -0.194. The first kappa shape index (κ1) is 21.1. The summed E-state index contributed by atoms with van der Waals surface area (Å²) in [6.45, 7) is 7.64. The van der Waals surface area contributed by atoms with Crippen LogP contribution in [0, 0.1) is 0 Å². The van der Waals surface area contributed by atoms with Crippen molar-refractivity contribution >= 4 is 27.7 Å². The van der Waals surface area contributed by atoms with E-state index in [2.05, 4.69) is 21.4 Å². The fraction of sp³-hybridized carbons (Fsp3) is 0.333. The molecule has 0 saturated carbocycles. The highest BCUT2D eigenvalue weighted by Crippen LogP contribution is 2.25. The molecule has 144 valence electrons. The number of nitrogens with one attached hydrogen (secondary N) is 1. The Balaban J connectivity index is 2.51. The van der Waals surface area contributed by atoms with Gasteiger partial charge in [0.1, 0.15) is 5.75 Å². The number of nitrogens with zero attached hydrogens (tertiary/aromatic N) is 1. The first-order valence-electron chi connectivity index (χ1n) is 8.76. The van der Waals surface area contributed by atoms with Gasteiger partial charge in [0.25, 0.3) is 11.8 Å². The summed E-state index contributed by atoms with van der Waals surface area (Å²) in [4.78, 5) is 26.5. The van der Waals surface area contributed by atoms with Gasteiger partial charge in [-0.15, -0.1) is 0 Å². The maximum Gasteiger partial charge on any atom is 0.275 e. The standard InChI is InChI=1S/C21H25BrN2O3/c1-6-16-17(11-8-12-18(16)27-5)20(26)24(23-21(2,3)4)19(25)14-9-7-10-15(22)13-14/h7-13,23H,6H2,1-5H3. The molecule has 0 atom stereocenters. The predicted molar refractivity (Wildman–Crippen MR) is 110 cm³/mol. The Hall–Kier alpha value is -2.18. The van der Waals surface area contributed by atoms with Gasteiger partial charge < -0.3 is 4.74 Å². The number of benzene rings is 2. The SMILES string of the molecule is CCc1c(OC)cccc1C(=O)N(NC(C)(C)C)C(=O)c1cccc(Br)c1. The molecule has 1 N–H and O–H groups in total. The quantitative estimate of drug-likeness (QED) is 0.553. The van der Waals surface area contributed by atoms with Crippen molar-refractivity contribution in [3.63, 3.8) is 0 Å². The summed E-state index contributed by atoms with van der Waals surface area (Å²) in [7, 11) is 1.57. The van der Waals surface area contributed by atoms with Gasteiger partial charge in [0.05, 0.1) is 7.11 Å². The number of hydrogen-bond acceptors (Lipinski definition) is 4. The molecule has 6 heteroatoms. The second kappa shape index (κ2) is 8.67. The fourth-order valence-corrected chi connectivity index (χ4v) is 3.12. The van der Waals surface area contributed by atoms with Crippen molar-refractivity contribution in [3.05, 3.63) is 63.6 Å². The molecule has 0 bridgehead atoms. The lowest BCUT2D eigenvalue weighted by Crippen LogP contribution is -2.55. The average Bonchev–Trinajstić information content (AvgIpc) is 2.63. The van der Waals surface area contributed by atoms with Crippen LogP contribution in [0.1, 0.15) is 54.0 Å². The van der Waals surface area contributed by atoms with Gasteiger partial charge in [-0.2, -0.15) is 0 Å². The highest BCUT2D eigenvalue weighted by atomic mass is 79.9. The van der Waals surface area contributed by atoms with Crippen molar-refractivity contribution in [1.82, 2.24) is 10.4 Å². The second-order valence-electron chi connectivity index (χ2n) is 7.16. The lowest BCUT2D eigenvalue weighted by molar-refractivity contribution is 0.0451. The zero-order valence-corrected chi connectivity index (χ0v) is 17.9. The monoisotopic (exact) mass is 432 g/mol. The van der Waals surface area contributed by atoms with Gasteiger partial charge in [0.2, 0.25) is 0 Å². The summed E-state index contributed by atoms with van der Waals surface area (Å²) in [5.41, 5.74) is 4.18. The van der Waals surface area contributed by atoms with Crippen molar-refractivity contribution in [2.24, 2.45) is 0 Å². The Labute approximate surface area is 168 Å².